The molecule has 0 spiro atoms. The average molecular weight is 378 g/mol. The maximum absolute atomic E-state index is 11.7. The average Bonchev–Trinajstić information content (AvgIpc) is 2.64. The Morgan fingerprint density at radius 1 is 0.885 bits per heavy atom. The molecule has 0 aromatic carbocycles. The lowest BCUT2D eigenvalue weighted by Gasteiger charge is -2.15. The summed E-state index contributed by atoms with van der Waals surface area (Å²) < 4.78 is 29.4. The van der Waals surface area contributed by atoms with Gasteiger partial charge in [-0.15, -0.1) is 0 Å². The van der Waals surface area contributed by atoms with Crippen molar-refractivity contribution in [1.29, 1.82) is 0 Å². The van der Waals surface area contributed by atoms with E-state index in [4.69, 9.17) is 18.9 Å². The Kier molecular flexibility index (Phi) is 15.9. The summed E-state index contributed by atoms with van der Waals surface area (Å²) in [5.74, 6) is 0. The van der Waals surface area contributed by atoms with Gasteiger partial charge >= 0.3 is 12.3 Å². The minimum atomic E-state index is -1.07. The number of carbonyl (C=O) groups excluding carboxylic acids is 2. The van der Waals surface area contributed by atoms with Crippen LogP contribution in [-0.2, 0) is 23.7 Å². The van der Waals surface area contributed by atoms with Crippen LogP contribution in [0.15, 0.2) is 0 Å². The minimum absolute atomic E-state index is 0.0386. The lowest BCUT2D eigenvalue weighted by Crippen LogP contribution is -2.27. The fourth-order valence-electron chi connectivity index (χ4n) is 2.25. The highest BCUT2D eigenvalue weighted by atomic mass is 17.1. The molecule has 0 saturated carbocycles. The predicted octanol–water partition coefficient (Wildman–Crippen LogP) is 3.28. The first-order valence-electron chi connectivity index (χ1n) is 9.48. The molecule has 0 aliphatic rings. The molecule has 0 aliphatic carbocycles. The van der Waals surface area contributed by atoms with E-state index in [-0.39, 0.29) is 25.4 Å². The number of hydrogen-bond acceptors (Lipinski definition) is 7. The van der Waals surface area contributed by atoms with Crippen LogP contribution in [0.5, 0.6) is 0 Å². The highest BCUT2D eigenvalue weighted by Crippen LogP contribution is 2.08. The molecule has 0 rings (SSSR count). The Morgan fingerprint density at radius 3 is 1.81 bits per heavy atom. The zero-order chi connectivity index (χ0) is 19.6. The summed E-state index contributed by atoms with van der Waals surface area (Å²) in [7, 11) is 0. The monoisotopic (exact) mass is 378 g/mol. The first kappa shape index (κ1) is 24.5. The second kappa shape index (κ2) is 16.9. The van der Waals surface area contributed by atoms with Gasteiger partial charge in [0.25, 0.3) is 0 Å². The van der Waals surface area contributed by atoms with Crippen molar-refractivity contribution < 1.29 is 38.3 Å². The topological polar surface area (TPSA) is 97.6 Å². The molecule has 8 heteroatoms. The molecule has 0 fully saturated rings. The van der Waals surface area contributed by atoms with Gasteiger partial charge in [0.2, 0.25) is 0 Å². The molecule has 0 bridgehead atoms. The third kappa shape index (κ3) is 12.8. The zero-order valence-corrected chi connectivity index (χ0v) is 16.5. The van der Waals surface area contributed by atoms with Crippen LogP contribution >= 0.6 is 0 Å². The Morgan fingerprint density at radius 2 is 1.38 bits per heavy atom. The van der Waals surface area contributed by atoms with Crippen LogP contribution in [-0.4, -0.2) is 50.9 Å². The minimum Gasteiger partial charge on any atom is -0.628 e. The van der Waals surface area contributed by atoms with Gasteiger partial charge < -0.3 is 24.2 Å². The van der Waals surface area contributed by atoms with Crippen LogP contribution in [0.3, 0.4) is 0 Å². The Bertz CT molecular complexity index is 372. The van der Waals surface area contributed by atoms with Crippen LogP contribution in [0.1, 0.15) is 66.2 Å². The molecule has 0 radical (unpaired) electrons. The van der Waals surface area contributed by atoms with Crippen molar-refractivity contribution >= 4 is 12.3 Å². The molecule has 0 aromatic heterocycles. The Labute approximate surface area is 156 Å². The van der Waals surface area contributed by atoms with E-state index >= 15 is 0 Å². The molecule has 154 valence electrons. The maximum Gasteiger partial charge on any atom is 0.735 e. The second-order valence-corrected chi connectivity index (χ2v) is 5.75. The molecule has 0 N–H and O–H groups in total. The van der Waals surface area contributed by atoms with Crippen LogP contribution < -0.4 is 5.26 Å². The van der Waals surface area contributed by atoms with Crippen molar-refractivity contribution in [3.8, 4) is 0 Å². The molecule has 0 aliphatic heterocycles. The number of ether oxygens (including phenoxy) is 5. The number of hydrogen-bond donors (Lipinski definition) is 0. The van der Waals surface area contributed by atoms with E-state index in [2.05, 4.69) is 23.2 Å². The van der Waals surface area contributed by atoms with Crippen LogP contribution in [0.2, 0.25) is 0 Å². The van der Waals surface area contributed by atoms with Gasteiger partial charge in [-0.3, -0.25) is 4.58 Å². The lowest BCUT2D eigenvalue weighted by atomic mass is 10.2. The normalized spacial score (nSPS) is 13.9. The summed E-state index contributed by atoms with van der Waals surface area (Å²) in [5, 5.41) is 10.7. The van der Waals surface area contributed by atoms with E-state index < -0.39 is 12.3 Å². The molecule has 0 aromatic rings. The SMILES string of the molecule is CCCCC(COC(=O)OC(OCC(CCCC)OCC)=[O+][O-])OCC. The van der Waals surface area contributed by atoms with E-state index in [0.29, 0.717) is 13.2 Å². The van der Waals surface area contributed by atoms with E-state index in [0.717, 1.165) is 38.5 Å². The maximum atomic E-state index is 11.7. The highest BCUT2D eigenvalue weighted by molar-refractivity contribution is 5.77. The molecule has 2 atom stereocenters. The third-order valence-electron chi connectivity index (χ3n) is 3.57. The molecule has 0 amide bonds. The van der Waals surface area contributed by atoms with Gasteiger partial charge in [-0.1, -0.05) is 39.5 Å². The van der Waals surface area contributed by atoms with E-state index in [1.807, 2.05) is 13.8 Å². The fraction of sp³-hybridized carbons (Fsp3) is 0.889. The molecule has 0 saturated heterocycles. The number of rotatable bonds is 14. The molecular weight excluding hydrogens is 344 g/mol. The highest BCUT2D eigenvalue weighted by Gasteiger charge is 2.28. The summed E-state index contributed by atoms with van der Waals surface area (Å²) in [6, 6.07) is 0. The lowest BCUT2D eigenvalue weighted by molar-refractivity contribution is -0.869. The van der Waals surface area contributed by atoms with Crippen molar-refractivity contribution in [3.63, 3.8) is 0 Å². The first-order valence-corrected chi connectivity index (χ1v) is 9.48. The van der Waals surface area contributed by atoms with Crippen molar-refractivity contribution in [2.75, 3.05) is 26.4 Å². The van der Waals surface area contributed by atoms with Crippen LogP contribution in [0.25, 0.3) is 0 Å². The zero-order valence-electron chi connectivity index (χ0n) is 16.5. The molecule has 26 heavy (non-hydrogen) atoms. The second-order valence-electron chi connectivity index (χ2n) is 5.75. The van der Waals surface area contributed by atoms with Crippen molar-refractivity contribution in [2.24, 2.45) is 0 Å². The van der Waals surface area contributed by atoms with Crippen molar-refractivity contribution in [1.82, 2.24) is 0 Å². The largest absolute Gasteiger partial charge is 0.735 e. The van der Waals surface area contributed by atoms with Crippen LogP contribution in [0, 0.1) is 0 Å². The summed E-state index contributed by atoms with van der Waals surface area (Å²) in [5.41, 5.74) is 0. The number of unbranched alkanes of at least 4 members (excludes halogenated alkanes) is 2. The van der Waals surface area contributed by atoms with Crippen molar-refractivity contribution in [2.45, 2.75) is 78.4 Å². The Balaban J connectivity index is 4.28. The molecule has 2 unspecified atom stereocenters. The van der Waals surface area contributed by atoms with E-state index in [1.54, 1.807) is 0 Å². The van der Waals surface area contributed by atoms with Gasteiger partial charge in [0.05, 0.1) is 6.10 Å². The van der Waals surface area contributed by atoms with Crippen molar-refractivity contribution in [3.05, 3.63) is 0 Å². The summed E-state index contributed by atoms with van der Waals surface area (Å²) in [6.07, 6.45) is 3.22. The van der Waals surface area contributed by atoms with Crippen LogP contribution in [0.4, 0.5) is 9.37 Å². The molecule has 8 nitrogen and oxygen atoms in total. The first-order chi connectivity index (χ1) is 12.6. The Hall–Kier alpha value is -1.54. The van der Waals surface area contributed by atoms with Gasteiger partial charge in [0, 0.05) is 13.2 Å². The van der Waals surface area contributed by atoms with Gasteiger partial charge in [-0.05, 0) is 26.7 Å². The van der Waals surface area contributed by atoms with Gasteiger partial charge in [-0.2, -0.15) is 4.79 Å². The van der Waals surface area contributed by atoms with Gasteiger partial charge in [0.1, 0.15) is 12.7 Å². The summed E-state index contributed by atoms with van der Waals surface area (Å²) in [4.78, 5) is 11.7. The summed E-state index contributed by atoms with van der Waals surface area (Å²) in [6.45, 7) is 9.01. The van der Waals surface area contributed by atoms with Gasteiger partial charge in [-0.25, -0.2) is 4.74 Å². The molecule has 0 heterocycles. The quantitative estimate of drug-likeness (QED) is 0.150. The fourth-order valence-corrected chi connectivity index (χ4v) is 2.25. The van der Waals surface area contributed by atoms with Gasteiger partial charge in [0.15, 0.2) is 6.61 Å². The predicted molar refractivity (Wildman–Crippen MR) is 93.7 cm³/mol. The molecular formula is C18H34O8. The van der Waals surface area contributed by atoms with E-state index in [9.17, 15) is 10.1 Å². The van der Waals surface area contributed by atoms with E-state index in [1.165, 1.54) is 0 Å². The smallest absolute Gasteiger partial charge is 0.628 e. The summed E-state index contributed by atoms with van der Waals surface area (Å²) >= 11 is 0. The standard InChI is InChI=1S/C18H34O8/c1-5-9-11-15(21-7-3)13-23-17(19)25-18(26-20)24-14-16(22-8-4)12-10-6-2/h15-16H,5-14H2,1-4H3. The third-order valence-corrected chi connectivity index (χ3v) is 3.57. The number of carbonyl (C=O) groups is 1.